The first-order chi connectivity index (χ1) is 24.9. The summed E-state index contributed by atoms with van der Waals surface area (Å²) in [4.78, 5) is 33.2. The van der Waals surface area contributed by atoms with Gasteiger partial charge < -0.3 is 24.3 Å². The number of nitrogens with one attached hydrogen (secondary N) is 1. The number of nitrogens with zero attached hydrogens (tertiary/aromatic N) is 5. The van der Waals surface area contributed by atoms with Gasteiger partial charge in [0.25, 0.3) is 11.2 Å². The summed E-state index contributed by atoms with van der Waals surface area (Å²) in [6.07, 6.45) is 3.14. The third-order valence-corrected chi connectivity index (χ3v) is 9.54. The van der Waals surface area contributed by atoms with Gasteiger partial charge in [-0.1, -0.05) is 0 Å². The van der Waals surface area contributed by atoms with Crippen molar-refractivity contribution in [3.8, 4) is 5.75 Å². The normalized spacial score (nSPS) is 26.4. The van der Waals surface area contributed by atoms with Crippen LogP contribution in [-0.4, -0.2) is 102 Å². The number of halogens is 1. The highest BCUT2D eigenvalue weighted by Gasteiger charge is 2.23. The quantitative estimate of drug-likeness (QED) is 0.238. The van der Waals surface area contributed by atoms with Crippen molar-refractivity contribution in [2.45, 2.75) is 36.7 Å². The molecule has 0 radical (unpaired) electrons. The fourth-order valence-corrected chi connectivity index (χ4v) is 6.57. The molecule has 3 aliphatic rings. The number of rotatable bonds is 11. The molecule has 45 heavy (non-hydrogen) atoms. The third kappa shape index (κ3) is 8.32. The number of nitro benzene ring substituents is 1. The summed E-state index contributed by atoms with van der Waals surface area (Å²) in [6.45, 7) is -9.68. The number of anilines is 1. The van der Waals surface area contributed by atoms with Crippen LogP contribution >= 0.6 is 11.8 Å². The van der Waals surface area contributed by atoms with E-state index in [-0.39, 0.29) is 53.6 Å². The Morgan fingerprint density at radius 3 is 2.49 bits per heavy atom. The number of hydrogen-bond donors (Lipinski definition) is 1. The van der Waals surface area contributed by atoms with Crippen molar-refractivity contribution in [2.75, 3.05) is 76.9 Å². The summed E-state index contributed by atoms with van der Waals surface area (Å²) in [5.41, 5.74) is -0.918. The number of nitro groups is 1. The topological polar surface area (TPSA) is 117 Å². The van der Waals surface area contributed by atoms with E-state index in [0.29, 0.717) is 65.8 Å². The van der Waals surface area contributed by atoms with Gasteiger partial charge in [-0.15, -0.1) is 0 Å². The summed E-state index contributed by atoms with van der Waals surface area (Å²) in [5.74, 6) is 0.540. The van der Waals surface area contributed by atoms with Gasteiger partial charge >= 0.3 is 0 Å². The number of H-pyrrole nitrogens is 1. The number of piperazine rings is 1. The standard InChI is InChI=1S/C32H41FN6O5S/c33-28-19-26(20-29-31(28)32(40)35-30(34-29)22-45-27-7-17-43-18-8-27)44-21-23-5-9-36(10-6-23)11-12-37-13-15-38(16-14-37)24-1-3-25(4-2-24)39(41)42/h1-4,19-20,23,27H,5-18,21-22H2,(H,34,35,40)/i13D2,14D2,15D2,16D2. The van der Waals surface area contributed by atoms with E-state index in [2.05, 4.69) is 9.97 Å². The molecule has 3 aromatic rings. The molecule has 1 N–H and O–H groups in total. The molecule has 13 heteroatoms. The summed E-state index contributed by atoms with van der Waals surface area (Å²) in [6, 6.07) is 6.93. The molecule has 242 valence electrons. The second kappa shape index (κ2) is 14.9. The van der Waals surface area contributed by atoms with Gasteiger partial charge in [0.05, 0.1) is 28.3 Å². The largest absolute Gasteiger partial charge is 0.493 e. The van der Waals surface area contributed by atoms with E-state index in [0.717, 1.165) is 37.1 Å². The summed E-state index contributed by atoms with van der Waals surface area (Å²) >= 11 is 1.68. The molecule has 4 heterocycles. The maximum atomic E-state index is 15.0. The highest BCUT2D eigenvalue weighted by Crippen LogP contribution is 2.27. The van der Waals surface area contributed by atoms with E-state index in [1.165, 1.54) is 6.07 Å². The minimum absolute atomic E-state index is 0.0787. The number of non-ortho nitro benzene ring substituents is 1. The molecule has 0 atom stereocenters. The number of fused-ring (bicyclic) bond motifs is 1. The van der Waals surface area contributed by atoms with Crippen LogP contribution in [0.1, 0.15) is 42.5 Å². The Hall–Kier alpha value is -3.26. The van der Waals surface area contributed by atoms with Gasteiger partial charge in [0.15, 0.2) is 0 Å². The van der Waals surface area contributed by atoms with E-state index in [9.17, 15) is 14.9 Å². The van der Waals surface area contributed by atoms with Crippen molar-refractivity contribution in [1.82, 2.24) is 19.8 Å². The van der Waals surface area contributed by atoms with Gasteiger partial charge in [-0.3, -0.25) is 19.8 Å². The molecule has 2 aromatic carbocycles. The van der Waals surface area contributed by atoms with Crippen LogP contribution in [0.25, 0.3) is 10.9 Å². The van der Waals surface area contributed by atoms with Crippen LogP contribution in [0.4, 0.5) is 15.8 Å². The molecule has 3 fully saturated rings. The number of likely N-dealkylation sites (tertiary alicyclic amines) is 1. The molecule has 0 saturated carbocycles. The van der Waals surface area contributed by atoms with Gasteiger partial charge in [0.2, 0.25) is 0 Å². The highest BCUT2D eigenvalue weighted by molar-refractivity contribution is 7.99. The van der Waals surface area contributed by atoms with E-state index >= 15 is 4.39 Å². The van der Waals surface area contributed by atoms with Crippen LogP contribution in [0.15, 0.2) is 41.2 Å². The van der Waals surface area contributed by atoms with Gasteiger partial charge in [-0.2, -0.15) is 11.8 Å². The number of ether oxygens (including phenoxy) is 2. The zero-order valence-corrected chi connectivity index (χ0v) is 25.5. The van der Waals surface area contributed by atoms with Crippen LogP contribution in [0.3, 0.4) is 0 Å². The van der Waals surface area contributed by atoms with E-state index in [1.54, 1.807) is 17.8 Å². The van der Waals surface area contributed by atoms with Gasteiger partial charge in [-0.25, -0.2) is 9.37 Å². The van der Waals surface area contributed by atoms with Crippen molar-refractivity contribution in [2.24, 2.45) is 5.92 Å². The molecule has 0 spiro atoms. The zero-order valence-electron chi connectivity index (χ0n) is 32.7. The molecule has 0 unspecified atom stereocenters. The fourth-order valence-electron chi connectivity index (χ4n) is 5.51. The zero-order chi connectivity index (χ0) is 38.3. The Balaban J connectivity index is 1.05. The maximum Gasteiger partial charge on any atom is 0.269 e. The fraction of sp³-hybridized carbons (Fsp3) is 0.562. The SMILES string of the molecule is [2H]C1([2H])N(CCN2CCC(COc3cc(F)c4c(=O)[nH]c(CSC5CCOCC5)nc4c3)CC2)C([2H])([2H])C([2H])([2H])N(c2ccc([N+](=O)[O-])cc2)C1([2H])[2H]. The van der Waals surface area contributed by atoms with Gasteiger partial charge in [0, 0.05) is 93.0 Å². The minimum atomic E-state index is -3.08. The lowest BCUT2D eigenvalue weighted by Gasteiger charge is -2.38. The van der Waals surface area contributed by atoms with Crippen molar-refractivity contribution >= 4 is 34.0 Å². The average Bonchev–Trinajstić information content (AvgIpc) is 3.10. The number of benzene rings is 2. The van der Waals surface area contributed by atoms with Crippen LogP contribution in [-0.2, 0) is 10.5 Å². The van der Waals surface area contributed by atoms with Crippen molar-refractivity contribution in [3.05, 3.63) is 68.5 Å². The van der Waals surface area contributed by atoms with Crippen molar-refractivity contribution in [3.63, 3.8) is 0 Å². The van der Waals surface area contributed by atoms with Crippen molar-refractivity contribution < 1.29 is 29.8 Å². The molecule has 0 bridgehead atoms. The first-order valence-corrected chi connectivity index (χ1v) is 16.1. The molecule has 6 rings (SSSR count). The first-order valence-electron chi connectivity index (χ1n) is 19.0. The second-order valence-corrected chi connectivity index (χ2v) is 12.5. The third-order valence-electron chi connectivity index (χ3n) is 8.15. The lowest BCUT2D eigenvalue weighted by molar-refractivity contribution is -0.384. The highest BCUT2D eigenvalue weighted by atomic mass is 32.2. The first kappa shape index (κ1) is 23.1. The molecular weight excluding hydrogens is 599 g/mol. The molecule has 3 aliphatic heterocycles. The smallest absolute Gasteiger partial charge is 0.269 e. The predicted molar refractivity (Wildman–Crippen MR) is 174 cm³/mol. The molecular formula is C32H41FN6O5S. The monoisotopic (exact) mass is 648 g/mol. The van der Waals surface area contributed by atoms with Crippen LogP contribution in [0.2, 0.25) is 0 Å². The Labute approximate surface area is 277 Å². The predicted octanol–water partition coefficient (Wildman–Crippen LogP) is 4.30. The lowest BCUT2D eigenvalue weighted by atomic mass is 9.98. The Morgan fingerprint density at radius 2 is 1.78 bits per heavy atom. The number of piperidine rings is 1. The molecule has 11 nitrogen and oxygen atoms in total. The summed E-state index contributed by atoms with van der Waals surface area (Å²) in [5, 5.41) is 11.4. The Bertz CT molecular complexity index is 1830. The second-order valence-electron chi connectivity index (χ2n) is 11.2. The summed E-state index contributed by atoms with van der Waals surface area (Å²) < 4.78 is 96.0. The summed E-state index contributed by atoms with van der Waals surface area (Å²) in [7, 11) is 0. The number of hydrogen-bond acceptors (Lipinski definition) is 10. The lowest BCUT2D eigenvalue weighted by Crippen LogP contribution is -2.49. The van der Waals surface area contributed by atoms with Crippen LogP contribution in [0, 0.1) is 21.8 Å². The molecule has 1 aromatic heterocycles. The Morgan fingerprint density at radius 1 is 1.07 bits per heavy atom. The van der Waals surface area contributed by atoms with Crippen LogP contribution in [0.5, 0.6) is 5.75 Å². The van der Waals surface area contributed by atoms with Crippen LogP contribution < -0.4 is 15.2 Å². The van der Waals surface area contributed by atoms with Gasteiger partial charge in [0.1, 0.15) is 22.8 Å². The maximum absolute atomic E-state index is 15.0. The van der Waals surface area contributed by atoms with Gasteiger partial charge in [-0.05, 0) is 56.8 Å². The molecule has 3 saturated heterocycles. The average molecular weight is 649 g/mol. The van der Waals surface area contributed by atoms with E-state index in [1.807, 2.05) is 4.90 Å². The minimum Gasteiger partial charge on any atom is -0.493 e. The Kier molecular flexibility index (Phi) is 7.65. The molecule has 0 aliphatic carbocycles. The number of aromatic amines is 1. The van der Waals surface area contributed by atoms with Crippen molar-refractivity contribution in [1.29, 1.82) is 0 Å². The van der Waals surface area contributed by atoms with E-state index in [4.69, 9.17) is 20.4 Å². The molecule has 0 amide bonds. The number of thioether (sulfide) groups is 1. The van der Waals surface area contributed by atoms with E-state index < -0.39 is 42.3 Å². The number of aromatic nitrogens is 2.